The molecule has 0 bridgehead atoms. The first-order valence-electron chi connectivity index (χ1n) is 5.02. The molecule has 0 radical (unpaired) electrons. The van der Waals surface area contributed by atoms with Crippen molar-refractivity contribution in [2.75, 3.05) is 12.3 Å². The number of nitrogens with one attached hydrogen (secondary N) is 1. The molecule has 3 N–H and O–H groups in total. The second-order valence-electron chi connectivity index (χ2n) is 3.31. The third-order valence-electron chi connectivity index (χ3n) is 2.08. The van der Waals surface area contributed by atoms with E-state index in [1.54, 1.807) is 12.4 Å². The first-order valence-corrected chi connectivity index (χ1v) is 5.83. The quantitative estimate of drug-likeness (QED) is 0.822. The predicted molar refractivity (Wildman–Crippen MR) is 64.6 cm³/mol. The fraction of sp³-hybridized carbons (Fsp3) is 0.200. The highest BCUT2D eigenvalue weighted by Crippen LogP contribution is 2.10. The summed E-state index contributed by atoms with van der Waals surface area (Å²) in [5.74, 6) is -0.242. The summed E-state index contributed by atoms with van der Waals surface area (Å²) in [6, 6.07) is 3.82. The first kappa shape index (κ1) is 11.5. The summed E-state index contributed by atoms with van der Waals surface area (Å²) in [5, 5.41) is 10.6. The number of nitrogen functional groups attached to an aromatic ring is 1. The molecule has 6 nitrogen and oxygen atoms in total. The molecule has 0 aromatic carbocycles. The molecule has 7 heteroatoms. The topological polar surface area (TPSA) is 93.8 Å². The van der Waals surface area contributed by atoms with Crippen molar-refractivity contribution in [3.05, 3.63) is 35.1 Å². The number of carbonyl (C=O) groups is 1. The number of carbonyl (C=O) groups excluding carboxylic acids is 1. The lowest BCUT2D eigenvalue weighted by atomic mass is 10.2. The number of hydrogen-bond acceptors (Lipinski definition) is 6. The Morgan fingerprint density at radius 1 is 1.35 bits per heavy atom. The maximum Gasteiger partial charge on any atom is 0.282 e. The Morgan fingerprint density at radius 2 is 2.12 bits per heavy atom. The number of anilines is 1. The largest absolute Gasteiger partial charge is 0.374 e. The summed E-state index contributed by atoms with van der Waals surface area (Å²) in [5.41, 5.74) is 6.52. The Hall–Kier alpha value is -2.02. The van der Waals surface area contributed by atoms with Crippen LogP contribution in [0.5, 0.6) is 0 Å². The molecule has 0 spiro atoms. The van der Waals surface area contributed by atoms with Crippen molar-refractivity contribution < 1.29 is 4.79 Å². The van der Waals surface area contributed by atoms with Crippen molar-refractivity contribution in [2.45, 2.75) is 6.42 Å². The second kappa shape index (κ2) is 5.35. The van der Waals surface area contributed by atoms with Gasteiger partial charge in [0.05, 0.1) is 0 Å². The summed E-state index contributed by atoms with van der Waals surface area (Å²) in [4.78, 5) is 15.5. The lowest BCUT2D eigenvalue weighted by molar-refractivity contribution is 0.0953. The van der Waals surface area contributed by atoms with Gasteiger partial charge in [-0.1, -0.05) is 11.3 Å². The van der Waals surface area contributed by atoms with Gasteiger partial charge in [0.2, 0.25) is 10.1 Å². The molecule has 0 atom stereocenters. The van der Waals surface area contributed by atoms with E-state index in [2.05, 4.69) is 20.5 Å². The third kappa shape index (κ3) is 3.22. The van der Waals surface area contributed by atoms with Gasteiger partial charge in [-0.05, 0) is 24.1 Å². The molecule has 88 valence electrons. The molecule has 2 rings (SSSR count). The lowest BCUT2D eigenvalue weighted by Gasteiger charge is -2.02. The van der Waals surface area contributed by atoms with E-state index in [0.717, 1.165) is 23.3 Å². The van der Waals surface area contributed by atoms with Crippen molar-refractivity contribution in [3.8, 4) is 0 Å². The van der Waals surface area contributed by atoms with E-state index >= 15 is 0 Å². The number of hydrogen-bond donors (Lipinski definition) is 2. The average Bonchev–Trinajstić information content (AvgIpc) is 2.77. The zero-order chi connectivity index (χ0) is 12.1. The van der Waals surface area contributed by atoms with E-state index in [9.17, 15) is 4.79 Å². The van der Waals surface area contributed by atoms with Gasteiger partial charge in [-0.25, -0.2) is 0 Å². The van der Waals surface area contributed by atoms with Gasteiger partial charge in [0, 0.05) is 18.9 Å². The van der Waals surface area contributed by atoms with Crippen molar-refractivity contribution in [1.29, 1.82) is 0 Å². The van der Waals surface area contributed by atoms with E-state index in [1.165, 1.54) is 0 Å². The summed E-state index contributed by atoms with van der Waals surface area (Å²) in [7, 11) is 0. The highest BCUT2D eigenvalue weighted by atomic mass is 32.1. The fourth-order valence-electron chi connectivity index (χ4n) is 1.27. The summed E-state index contributed by atoms with van der Waals surface area (Å²) in [6.45, 7) is 0.544. The van der Waals surface area contributed by atoms with Gasteiger partial charge in [0.1, 0.15) is 0 Å². The molecule has 0 aliphatic rings. The van der Waals surface area contributed by atoms with E-state index in [1.807, 2.05) is 12.1 Å². The Labute approximate surface area is 102 Å². The van der Waals surface area contributed by atoms with Crippen molar-refractivity contribution in [2.24, 2.45) is 0 Å². The average molecular weight is 249 g/mol. The second-order valence-corrected chi connectivity index (χ2v) is 4.32. The van der Waals surface area contributed by atoms with Gasteiger partial charge >= 0.3 is 0 Å². The Balaban J connectivity index is 1.81. The molecule has 0 aliphatic carbocycles. The van der Waals surface area contributed by atoms with Crippen molar-refractivity contribution in [1.82, 2.24) is 20.5 Å². The summed E-state index contributed by atoms with van der Waals surface area (Å²) >= 11 is 1.08. The smallest absolute Gasteiger partial charge is 0.282 e. The van der Waals surface area contributed by atoms with Crippen LogP contribution in [0.3, 0.4) is 0 Å². The van der Waals surface area contributed by atoms with Crippen molar-refractivity contribution in [3.63, 3.8) is 0 Å². The van der Waals surface area contributed by atoms with Crippen molar-refractivity contribution >= 4 is 22.4 Å². The molecule has 0 unspecified atom stereocenters. The number of pyridine rings is 1. The SMILES string of the molecule is Nc1nnc(C(=O)NCCc2ccncc2)s1. The van der Waals surface area contributed by atoms with Gasteiger partial charge in [-0.15, -0.1) is 10.2 Å². The molecular weight excluding hydrogens is 238 g/mol. The van der Waals surface area contributed by atoms with Crippen LogP contribution in [0, 0.1) is 0 Å². The van der Waals surface area contributed by atoms with E-state index in [4.69, 9.17) is 5.73 Å². The van der Waals surface area contributed by atoms with E-state index in [0.29, 0.717) is 11.7 Å². The molecule has 2 aromatic heterocycles. The van der Waals surface area contributed by atoms with Crippen LogP contribution in [0.1, 0.15) is 15.4 Å². The van der Waals surface area contributed by atoms with Crippen LogP contribution < -0.4 is 11.1 Å². The molecule has 17 heavy (non-hydrogen) atoms. The minimum absolute atomic E-state index is 0.242. The number of aromatic nitrogens is 3. The molecule has 2 aromatic rings. The summed E-state index contributed by atoms with van der Waals surface area (Å²) < 4.78 is 0. The maximum atomic E-state index is 11.6. The third-order valence-corrected chi connectivity index (χ3v) is 2.83. The molecule has 0 saturated heterocycles. The van der Waals surface area contributed by atoms with Crippen LogP contribution in [0.15, 0.2) is 24.5 Å². The van der Waals surface area contributed by atoms with Gasteiger partial charge in [0.25, 0.3) is 5.91 Å². The highest BCUT2D eigenvalue weighted by molar-refractivity contribution is 7.16. The van der Waals surface area contributed by atoms with Gasteiger partial charge in [0.15, 0.2) is 0 Å². The number of nitrogens with two attached hydrogens (primary N) is 1. The summed E-state index contributed by atoms with van der Waals surface area (Å²) in [6.07, 6.45) is 4.20. The minimum Gasteiger partial charge on any atom is -0.374 e. The minimum atomic E-state index is -0.242. The Morgan fingerprint density at radius 3 is 2.76 bits per heavy atom. The molecular formula is C10H11N5OS. The zero-order valence-corrected chi connectivity index (χ0v) is 9.78. The Bertz CT molecular complexity index is 498. The van der Waals surface area contributed by atoms with Crippen LogP contribution in [0.4, 0.5) is 5.13 Å². The van der Waals surface area contributed by atoms with Gasteiger partial charge in [-0.3, -0.25) is 9.78 Å². The monoisotopic (exact) mass is 249 g/mol. The number of amides is 1. The van der Waals surface area contributed by atoms with Gasteiger partial charge < -0.3 is 11.1 Å². The molecule has 0 fully saturated rings. The predicted octanol–water partition coefficient (Wildman–Crippen LogP) is 0.488. The molecule has 0 saturated carbocycles. The van der Waals surface area contributed by atoms with Crippen LogP contribution in [0.2, 0.25) is 0 Å². The zero-order valence-electron chi connectivity index (χ0n) is 8.96. The van der Waals surface area contributed by atoms with Gasteiger partial charge in [-0.2, -0.15) is 0 Å². The maximum absolute atomic E-state index is 11.6. The number of rotatable bonds is 4. The number of nitrogens with zero attached hydrogens (tertiary/aromatic N) is 3. The fourth-order valence-corrected chi connectivity index (χ4v) is 1.80. The van der Waals surface area contributed by atoms with E-state index in [-0.39, 0.29) is 10.9 Å². The highest BCUT2D eigenvalue weighted by Gasteiger charge is 2.10. The molecule has 1 amide bonds. The normalized spacial score (nSPS) is 10.1. The van der Waals surface area contributed by atoms with Crippen LogP contribution in [-0.2, 0) is 6.42 Å². The molecule has 2 heterocycles. The first-order chi connectivity index (χ1) is 8.25. The van der Waals surface area contributed by atoms with Crippen LogP contribution in [-0.4, -0.2) is 27.6 Å². The molecule has 0 aliphatic heterocycles. The van der Waals surface area contributed by atoms with Crippen LogP contribution >= 0.6 is 11.3 Å². The van der Waals surface area contributed by atoms with Crippen LogP contribution in [0.25, 0.3) is 0 Å². The standard InChI is InChI=1S/C10H11N5OS/c11-10-15-14-9(17-10)8(16)13-6-3-7-1-4-12-5-2-7/h1-2,4-5H,3,6H2,(H2,11,15)(H,13,16). The lowest BCUT2D eigenvalue weighted by Crippen LogP contribution is -2.25. The Kier molecular flexibility index (Phi) is 3.61. The van der Waals surface area contributed by atoms with E-state index < -0.39 is 0 Å².